The molecule has 3 aromatic rings. The Bertz CT molecular complexity index is 1530. The molecule has 0 bridgehead atoms. The van der Waals surface area contributed by atoms with E-state index in [0.29, 0.717) is 40.9 Å². The van der Waals surface area contributed by atoms with Crippen molar-refractivity contribution in [3.05, 3.63) is 86.7 Å². The third-order valence-electron chi connectivity index (χ3n) is 7.15. The maximum absolute atomic E-state index is 13.4. The number of aromatic nitrogens is 2. The molecule has 0 aliphatic carbocycles. The molecule has 9 nitrogen and oxygen atoms in total. The molecule has 2 aromatic carbocycles. The summed E-state index contributed by atoms with van der Waals surface area (Å²) in [6.07, 6.45) is 3.23. The van der Waals surface area contributed by atoms with Crippen LogP contribution < -0.4 is 14.8 Å². The number of nitrogens with zero attached hydrogens (tertiary/aromatic N) is 1. The first-order valence-corrected chi connectivity index (χ1v) is 14.7. The smallest absolute Gasteiger partial charge is 0.336 e. The molecule has 0 saturated carbocycles. The fourth-order valence-electron chi connectivity index (χ4n) is 5.06. The molecule has 4 rings (SSSR count). The van der Waals surface area contributed by atoms with E-state index in [4.69, 9.17) is 42.1 Å². The number of esters is 2. The average molecular weight is 629 g/mol. The number of aromatic amines is 1. The monoisotopic (exact) mass is 627 g/mol. The van der Waals surface area contributed by atoms with Crippen molar-refractivity contribution >= 4 is 35.1 Å². The van der Waals surface area contributed by atoms with Crippen LogP contribution in [-0.2, 0) is 19.1 Å². The molecule has 0 radical (unpaired) electrons. The number of dihydropyridines is 1. The zero-order chi connectivity index (χ0) is 30.9. The number of ether oxygens (including phenoxy) is 4. The average Bonchev–Trinajstić information content (AvgIpc) is 3.47. The molecule has 0 spiro atoms. The van der Waals surface area contributed by atoms with Gasteiger partial charge in [-0.05, 0) is 63.3 Å². The third kappa shape index (κ3) is 7.53. The normalized spacial score (nSPS) is 14.8. The van der Waals surface area contributed by atoms with Crippen LogP contribution in [0.4, 0.5) is 0 Å². The van der Waals surface area contributed by atoms with Crippen molar-refractivity contribution in [3.8, 4) is 22.9 Å². The highest BCUT2D eigenvalue weighted by Crippen LogP contribution is 2.43. The van der Waals surface area contributed by atoms with Crippen molar-refractivity contribution in [1.82, 2.24) is 15.5 Å². The van der Waals surface area contributed by atoms with E-state index in [1.165, 1.54) is 7.11 Å². The lowest BCUT2D eigenvalue weighted by Crippen LogP contribution is -2.32. The number of H-pyrrole nitrogens is 1. The second-order valence-corrected chi connectivity index (χ2v) is 10.8. The summed E-state index contributed by atoms with van der Waals surface area (Å²) in [5.41, 5.74) is 3.94. The van der Waals surface area contributed by atoms with Crippen LogP contribution >= 0.6 is 23.2 Å². The van der Waals surface area contributed by atoms with Crippen LogP contribution in [0.3, 0.4) is 0 Å². The quantitative estimate of drug-likeness (QED) is 0.154. The summed E-state index contributed by atoms with van der Waals surface area (Å²) in [4.78, 5) is 26.2. The first kappa shape index (κ1) is 32.0. The molecule has 11 heteroatoms. The summed E-state index contributed by atoms with van der Waals surface area (Å²) >= 11 is 12.8. The Balaban J connectivity index is 1.28. The Kier molecular flexibility index (Phi) is 11.1. The molecule has 1 aromatic heterocycles. The molecule has 1 atom stereocenters. The Morgan fingerprint density at radius 3 is 2.30 bits per heavy atom. The lowest BCUT2D eigenvalue weighted by molar-refractivity contribution is -0.139. The molecule has 43 heavy (non-hydrogen) atoms. The summed E-state index contributed by atoms with van der Waals surface area (Å²) in [5, 5.41) is 10.9. The van der Waals surface area contributed by atoms with E-state index >= 15 is 0 Å². The molecule has 2 N–H and O–H groups in total. The number of rotatable bonds is 13. The summed E-state index contributed by atoms with van der Waals surface area (Å²) in [6.45, 7) is 4.25. The number of hydrogen-bond donors (Lipinski definition) is 2. The van der Waals surface area contributed by atoms with Gasteiger partial charge in [0.1, 0.15) is 5.75 Å². The largest absolute Gasteiger partial charge is 0.496 e. The van der Waals surface area contributed by atoms with Crippen LogP contribution in [-0.4, -0.2) is 49.6 Å². The number of halogens is 2. The van der Waals surface area contributed by atoms with Crippen molar-refractivity contribution in [3.63, 3.8) is 0 Å². The summed E-state index contributed by atoms with van der Waals surface area (Å²) < 4.78 is 21.9. The van der Waals surface area contributed by atoms with E-state index in [1.807, 2.05) is 30.3 Å². The third-order valence-corrected chi connectivity index (χ3v) is 7.98. The fourth-order valence-corrected chi connectivity index (χ4v) is 5.48. The molecular formula is C32H35Cl2N3O6. The second kappa shape index (κ2) is 15.0. The zero-order valence-corrected chi connectivity index (χ0v) is 26.1. The highest BCUT2D eigenvalue weighted by molar-refractivity contribution is 6.42. The molecular weight excluding hydrogens is 593 g/mol. The van der Waals surface area contributed by atoms with E-state index in [-0.39, 0.29) is 22.8 Å². The van der Waals surface area contributed by atoms with Crippen LogP contribution in [0.5, 0.6) is 11.6 Å². The minimum atomic E-state index is -0.796. The van der Waals surface area contributed by atoms with Gasteiger partial charge in [0.2, 0.25) is 5.88 Å². The molecule has 0 saturated heterocycles. The Morgan fingerprint density at radius 1 is 0.884 bits per heavy atom. The van der Waals surface area contributed by atoms with Gasteiger partial charge in [-0.2, -0.15) is 0 Å². The maximum atomic E-state index is 13.4. The topological polar surface area (TPSA) is 112 Å². The predicted octanol–water partition coefficient (Wildman–Crippen LogP) is 6.98. The van der Waals surface area contributed by atoms with Gasteiger partial charge in [-0.25, -0.2) is 9.59 Å². The fraction of sp³-hybridized carbons (Fsp3) is 0.344. The minimum absolute atomic E-state index is 0.227. The van der Waals surface area contributed by atoms with Crippen molar-refractivity contribution in [2.45, 2.75) is 45.4 Å². The van der Waals surface area contributed by atoms with E-state index in [0.717, 1.165) is 36.3 Å². The van der Waals surface area contributed by atoms with E-state index in [1.54, 1.807) is 39.2 Å². The van der Waals surface area contributed by atoms with Gasteiger partial charge in [0.05, 0.1) is 60.2 Å². The van der Waals surface area contributed by atoms with Gasteiger partial charge in [-0.15, -0.1) is 5.10 Å². The molecule has 1 aliphatic rings. The number of para-hydroxylation sites is 1. The SMILES string of the molecule is COC(=O)C1=C(C)NC(C)=C(C(=O)OCCCCCCOc2cc(-c3ccccc3OC)[nH]n2)C1c1cccc(Cl)c1Cl. The van der Waals surface area contributed by atoms with Gasteiger partial charge in [0, 0.05) is 23.0 Å². The van der Waals surface area contributed by atoms with Crippen molar-refractivity contribution in [2.75, 3.05) is 27.4 Å². The Morgan fingerprint density at radius 2 is 1.58 bits per heavy atom. The predicted molar refractivity (Wildman–Crippen MR) is 165 cm³/mol. The molecule has 2 heterocycles. The number of allylic oxidation sites excluding steroid dienone is 2. The van der Waals surface area contributed by atoms with Crippen LogP contribution in [0.1, 0.15) is 51.0 Å². The molecule has 1 aliphatic heterocycles. The number of unbranched alkanes of at least 4 members (excludes halogenated alkanes) is 3. The standard InChI is InChI=1S/C32H35Cl2N3O6/c1-19-27(31(38)41-4)29(22-13-11-14-23(33)30(22)34)28(20(2)35-19)32(39)43-17-10-6-5-9-16-42-26-18-24(36-37-26)21-12-7-8-15-25(21)40-3/h7-8,11-15,18,29,35H,5-6,9-10,16-17H2,1-4H3,(H,36,37). The Labute approximate surface area is 261 Å². The van der Waals surface area contributed by atoms with E-state index < -0.39 is 17.9 Å². The van der Waals surface area contributed by atoms with Gasteiger partial charge in [-0.3, -0.25) is 5.10 Å². The number of nitrogens with one attached hydrogen (secondary N) is 2. The van der Waals surface area contributed by atoms with E-state index in [2.05, 4.69) is 15.5 Å². The Hall–Kier alpha value is -3.95. The van der Waals surface area contributed by atoms with Gasteiger partial charge < -0.3 is 24.3 Å². The first-order chi connectivity index (χ1) is 20.8. The molecule has 0 amide bonds. The number of carbonyl (C=O) groups is 2. The lowest BCUT2D eigenvalue weighted by atomic mass is 9.80. The van der Waals surface area contributed by atoms with Gasteiger partial charge in [0.15, 0.2) is 0 Å². The summed E-state index contributed by atoms with van der Waals surface area (Å²) in [5.74, 6) is -0.631. The highest BCUT2D eigenvalue weighted by Gasteiger charge is 2.39. The number of methoxy groups -OCH3 is 2. The van der Waals surface area contributed by atoms with Gasteiger partial charge in [-0.1, -0.05) is 47.5 Å². The number of hydrogen-bond acceptors (Lipinski definition) is 8. The maximum Gasteiger partial charge on any atom is 0.336 e. The molecule has 0 fully saturated rings. The number of carbonyl (C=O) groups excluding carboxylic acids is 2. The first-order valence-electron chi connectivity index (χ1n) is 14.0. The second-order valence-electron chi connectivity index (χ2n) is 9.99. The molecule has 228 valence electrons. The van der Waals surface area contributed by atoms with E-state index in [9.17, 15) is 9.59 Å². The summed E-state index contributed by atoms with van der Waals surface area (Å²) in [6, 6.07) is 14.7. The van der Waals surface area contributed by atoms with Gasteiger partial charge in [0.25, 0.3) is 0 Å². The van der Waals surface area contributed by atoms with Crippen molar-refractivity contribution < 1.29 is 28.5 Å². The van der Waals surface area contributed by atoms with Crippen LogP contribution in [0.25, 0.3) is 11.3 Å². The van der Waals surface area contributed by atoms with Crippen LogP contribution in [0, 0.1) is 0 Å². The zero-order valence-electron chi connectivity index (χ0n) is 24.6. The van der Waals surface area contributed by atoms with Crippen LogP contribution in [0.2, 0.25) is 10.0 Å². The van der Waals surface area contributed by atoms with Crippen molar-refractivity contribution in [1.29, 1.82) is 0 Å². The highest BCUT2D eigenvalue weighted by atomic mass is 35.5. The summed E-state index contributed by atoms with van der Waals surface area (Å²) in [7, 11) is 2.92. The van der Waals surface area contributed by atoms with Gasteiger partial charge >= 0.3 is 11.9 Å². The van der Waals surface area contributed by atoms with Crippen LogP contribution in [0.15, 0.2) is 71.1 Å². The van der Waals surface area contributed by atoms with Crippen molar-refractivity contribution in [2.24, 2.45) is 0 Å². The minimum Gasteiger partial charge on any atom is -0.496 e. The molecule has 1 unspecified atom stereocenters. The number of benzene rings is 2. The lowest BCUT2D eigenvalue weighted by Gasteiger charge is -2.30.